The number of aryl methyl sites for hydroxylation is 2. The van der Waals surface area contributed by atoms with Crippen LogP contribution in [-0.4, -0.2) is 43.2 Å². The van der Waals surface area contributed by atoms with Gasteiger partial charge < -0.3 is 9.47 Å². The minimum Gasteiger partial charge on any atom is -0.335 e. The van der Waals surface area contributed by atoms with Crippen molar-refractivity contribution in [2.45, 2.75) is 44.6 Å². The summed E-state index contributed by atoms with van der Waals surface area (Å²) in [6.45, 7) is 3.64. The SMILES string of the molecule is Cc1cnc(C2CCC2)n1C1CCN(C(=O)c2nn(C)c3ccccc23)C1. The Labute approximate surface area is 158 Å². The second-order valence-corrected chi connectivity index (χ2v) is 7.94. The molecule has 3 aromatic rings. The van der Waals surface area contributed by atoms with Crippen molar-refractivity contribution in [3.05, 3.63) is 47.7 Å². The van der Waals surface area contributed by atoms with E-state index in [1.54, 1.807) is 4.68 Å². The molecule has 1 aliphatic heterocycles. The Kier molecular flexibility index (Phi) is 3.81. The van der Waals surface area contributed by atoms with Crippen LogP contribution in [-0.2, 0) is 7.05 Å². The summed E-state index contributed by atoms with van der Waals surface area (Å²) in [5.41, 5.74) is 2.77. The lowest BCUT2D eigenvalue weighted by atomic mass is 9.84. The summed E-state index contributed by atoms with van der Waals surface area (Å²) in [6.07, 6.45) is 6.76. The summed E-state index contributed by atoms with van der Waals surface area (Å²) in [6, 6.07) is 8.26. The van der Waals surface area contributed by atoms with Crippen molar-refractivity contribution in [2.24, 2.45) is 7.05 Å². The predicted molar refractivity (Wildman–Crippen MR) is 104 cm³/mol. The number of hydrogen-bond donors (Lipinski definition) is 0. The van der Waals surface area contributed by atoms with E-state index in [1.165, 1.54) is 30.8 Å². The number of imidazole rings is 1. The number of nitrogens with zero attached hydrogens (tertiary/aromatic N) is 5. The molecule has 2 fully saturated rings. The quantitative estimate of drug-likeness (QED) is 0.716. The molecule has 1 aliphatic carbocycles. The Balaban J connectivity index is 1.41. The lowest BCUT2D eigenvalue weighted by Gasteiger charge is -2.28. The summed E-state index contributed by atoms with van der Waals surface area (Å²) in [5, 5.41) is 5.45. The van der Waals surface area contributed by atoms with E-state index in [4.69, 9.17) is 4.98 Å². The van der Waals surface area contributed by atoms with Crippen molar-refractivity contribution < 1.29 is 4.79 Å². The van der Waals surface area contributed by atoms with Crippen LogP contribution in [0.5, 0.6) is 0 Å². The number of amides is 1. The Morgan fingerprint density at radius 3 is 2.78 bits per heavy atom. The monoisotopic (exact) mass is 363 g/mol. The van der Waals surface area contributed by atoms with Crippen LogP contribution < -0.4 is 0 Å². The average molecular weight is 363 g/mol. The van der Waals surface area contributed by atoms with Crippen molar-refractivity contribution in [3.8, 4) is 0 Å². The van der Waals surface area contributed by atoms with Gasteiger partial charge in [0.1, 0.15) is 5.82 Å². The van der Waals surface area contributed by atoms with E-state index < -0.39 is 0 Å². The van der Waals surface area contributed by atoms with Gasteiger partial charge in [0, 0.05) is 43.3 Å². The van der Waals surface area contributed by atoms with E-state index in [2.05, 4.69) is 16.6 Å². The van der Waals surface area contributed by atoms with Crippen LogP contribution in [0.2, 0.25) is 0 Å². The Bertz CT molecular complexity index is 1010. The topological polar surface area (TPSA) is 56.0 Å². The van der Waals surface area contributed by atoms with E-state index in [9.17, 15) is 4.79 Å². The summed E-state index contributed by atoms with van der Waals surface area (Å²) in [5.74, 6) is 1.86. The lowest BCUT2D eigenvalue weighted by molar-refractivity contribution is 0.0782. The number of hydrogen-bond acceptors (Lipinski definition) is 3. The fraction of sp³-hybridized carbons (Fsp3) is 0.476. The maximum absolute atomic E-state index is 13.2. The van der Waals surface area contributed by atoms with Gasteiger partial charge in [0.2, 0.25) is 0 Å². The first kappa shape index (κ1) is 16.5. The number of benzene rings is 1. The van der Waals surface area contributed by atoms with Gasteiger partial charge in [-0.3, -0.25) is 9.48 Å². The number of fused-ring (bicyclic) bond motifs is 1. The predicted octanol–water partition coefficient (Wildman–Crippen LogP) is 3.43. The van der Waals surface area contributed by atoms with Crippen LogP contribution in [0.1, 0.15) is 59.6 Å². The van der Waals surface area contributed by atoms with Crippen molar-refractivity contribution >= 4 is 16.8 Å². The number of likely N-dealkylation sites (tertiary alicyclic amines) is 1. The largest absolute Gasteiger partial charge is 0.335 e. The molecule has 1 amide bonds. The van der Waals surface area contributed by atoms with Crippen molar-refractivity contribution in [3.63, 3.8) is 0 Å². The van der Waals surface area contributed by atoms with Gasteiger partial charge >= 0.3 is 0 Å². The smallest absolute Gasteiger partial charge is 0.275 e. The molecule has 0 spiro atoms. The molecule has 3 heterocycles. The number of rotatable bonds is 3. The van der Waals surface area contributed by atoms with Gasteiger partial charge in [0.15, 0.2) is 5.69 Å². The highest BCUT2D eigenvalue weighted by Gasteiger charge is 2.34. The first-order valence-electron chi connectivity index (χ1n) is 9.88. The molecule has 1 saturated heterocycles. The number of carbonyl (C=O) groups is 1. The molecule has 27 heavy (non-hydrogen) atoms. The lowest BCUT2D eigenvalue weighted by Crippen LogP contribution is -2.30. The molecular formula is C21H25N5O. The molecule has 6 heteroatoms. The van der Waals surface area contributed by atoms with Crippen LogP contribution in [0.3, 0.4) is 0 Å². The normalized spacial score (nSPS) is 20.4. The minimum absolute atomic E-state index is 0.0391. The van der Waals surface area contributed by atoms with Gasteiger partial charge in [0.25, 0.3) is 5.91 Å². The number of aromatic nitrogens is 4. The Morgan fingerprint density at radius 2 is 2.00 bits per heavy atom. The van der Waals surface area contributed by atoms with Crippen LogP contribution in [0.15, 0.2) is 30.5 Å². The third-order valence-corrected chi connectivity index (χ3v) is 6.26. The second kappa shape index (κ2) is 6.22. The summed E-state index contributed by atoms with van der Waals surface area (Å²) < 4.78 is 4.19. The highest BCUT2D eigenvalue weighted by Crippen LogP contribution is 2.38. The number of para-hydroxylation sites is 1. The Morgan fingerprint density at radius 1 is 1.19 bits per heavy atom. The minimum atomic E-state index is 0.0391. The van der Waals surface area contributed by atoms with Gasteiger partial charge in [-0.1, -0.05) is 24.6 Å². The molecular weight excluding hydrogens is 338 g/mol. The molecule has 6 nitrogen and oxygen atoms in total. The maximum atomic E-state index is 13.2. The van der Waals surface area contributed by atoms with Gasteiger partial charge in [-0.25, -0.2) is 4.98 Å². The van der Waals surface area contributed by atoms with E-state index in [-0.39, 0.29) is 5.91 Å². The zero-order valence-corrected chi connectivity index (χ0v) is 15.9. The molecule has 0 radical (unpaired) electrons. The molecule has 1 aromatic carbocycles. The molecule has 1 saturated carbocycles. The fourth-order valence-corrected chi connectivity index (χ4v) is 4.57. The third kappa shape index (κ3) is 2.58. The van der Waals surface area contributed by atoms with E-state index in [0.29, 0.717) is 17.7 Å². The third-order valence-electron chi connectivity index (χ3n) is 6.26. The Hall–Kier alpha value is -2.63. The highest BCUT2D eigenvalue weighted by molar-refractivity contribution is 6.04. The standard InChI is InChI=1S/C21H25N5O/c1-14-12-22-20(15-6-5-7-15)26(14)16-10-11-25(13-16)21(27)19-17-8-3-4-9-18(17)24(2)23-19/h3-4,8-9,12,15-16H,5-7,10-11,13H2,1-2H3. The molecule has 2 aliphatic rings. The summed E-state index contributed by atoms with van der Waals surface area (Å²) in [7, 11) is 1.89. The molecule has 5 rings (SSSR count). The van der Waals surface area contributed by atoms with Gasteiger partial charge in [-0.05, 0) is 32.3 Å². The van der Waals surface area contributed by atoms with Crippen LogP contribution in [0, 0.1) is 6.92 Å². The van der Waals surface area contributed by atoms with Gasteiger partial charge in [0.05, 0.1) is 11.6 Å². The molecule has 2 aromatic heterocycles. The van der Waals surface area contributed by atoms with E-state index in [1.807, 2.05) is 42.4 Å². The van der Waals surface area contributed by atoms with Crippen molar-refractivity contribution in [1.82, 2.24) is 24.2 Å². The number of carbonyl (C=O) groups excluding carboxylic acids is 1. The molecule has 0 N–H and O–H groups in total. The van der Waals surface area contributed by atoms with Gasteiger partial charge in [-0.15, -0.1) is 0 Å². The van der Waals surface area contributed by atoms with Crippen LogP contribution >= 0.6 is 0 Å². The first-order chi connectivity index (χ1) is 13.1. The fourth-order valence-electron chi connectivity index (χ4n) is 4.57. The highest BCUT2D eigenvalue weighted by atomic mass is 16.2. The molecule has 140 valence electrons. The van der Waals surface area contributed by atoms with Crippen LogP contribution in [0.4, 0.5) is 0 Å². The molecule has 1 unspecified atom stereocenters. The zero-order valence-electron chi connectivity index (χ0n) is 15.9. The second-order valence-electron chi connectivity index (χ2n) is 7.94. The first-order valence-corrected chi connectivity index (χ1v) is 9.88. The van der Waals surface area contributed by atoms with E-state index in [0.717, 1.165) is 30.4 Å². The summed E-state index contributed by atoms with van der Waals surface area (Å²) >= 11 is 0. The molecule has 0 bridgehead atoms. The maximum Gasteiger partial charge on any atom is 0.275 e. The van der Waals surface area contributed by atoms with Gasteiger partial charge in [-0.2, -0.15) is 5.10 Å². The van der Waals surface area contributed by atoms with Crippen LogP contribution in [0.25, 0.3) is 10.9 Å². The molecule has 1 atom stereocenters. The average Bonchev–Trinajstić information content (AvgIpc) is 3.32. The van der Waals surface area contributed by atoms with Crippen molar-refractivity contribution in [2.75, 3.05) is 13.1 Å². The van der Waals surface area contributed by atoms with Crippen molar-refractivity contribution in [1.29, 1.82) is 0 Å². The summed E-state index contributed by atoms with van der Waals surface area (Å²) in [4.78, 5) is 19.8. The zero-order chi connectivity index (χ0) is 18.5. The van der Waals surface area contributed by atoms with E-state index >= 15 is 0 Å².